The Balaban J connectivity index is 1.51. The Morgan fingerprint density at radius 3 is 3.00 bits per heavy atom. The Kier molecular flexibility index (Phi) is 4.10. The molecule has 23 heavy (non-hydrogen) atoms. The van der Waals surface area contributed by atoms with Crippen molar-refractivity contribution in [3.8, 4) is 10.6 Å². The molecule has 1 aliphatic carbocycles. The molecule has 0 saturated carbocycles. The first kappa shape index (κ1) is 14.8. The SMILES string of the molecule is O=C(C1CCc2nc(-c3cccnc3)sc2C1)N1CCOCC1. The van der Waals surface area contributed by atoms with E-state index in [1.165, 1.54) is 10.6 Å². The molecule has 5 nitrogen and oxygen atoms in total. The van der Waals surface area contributed by atoms with E-state index >= 15 is 0 Å². The number of carbonyl (C=O) groups is 1. The van der Waals surface area contributed by atoms with Crippen molar-refractivity contribution in [2.24, 2.45) is 5.92 Å². The standard InChI is InChI=1S/C17H19N3O2S/c21-17(20-6-8-22-9-7-20)12-3-4-14-15(10-12)23-16(19-14)13-2-1-5-18-11-13/h1-2,5,11-12H,3-4,6-10H2. The molecule has 3 heterocycles. The van der Waals surface area contributed by atoms with E-state index in [0.717, 1.165) is 42.9 Å². The van der Waals surface area contributed by atoms with Crippen molar-refractivity contribution >= 4 is 17.2 Å². The van der Waals surface area contributed by atoms with Gasteiger partial charge in [-0.15, -0.1) is 11.3 Å². The third-order valence-corrected chi connectivity index (χ3v) is 5.69. The van der Waals surface area contributed by atoms with Crippen LogP contribution in [0.2, 0.25) is 0 Å². The summed E-state index contributed by atoms with van der Waals surface area (Å²) in [6, 6.07) is 3.97. The third-order valence-electron chi connectivity index (χ3n) is 4.52. The molecule has 2 aromatic heterocycles. The van der Waals surface area contributed by atoms with E-state index in [9.17, 15) is 4.79 Å². The second-order valence-corrected chi connectivity index (χ2v) is 7.09. The van der Waals surface area contributed by atoms with Crippen molar-refractivity contribution in [1.29, 1.82) is 0 Å². The molecule has 2 aliphatic rings. The van der Waals surface area contributed by atoms with Gasteiger partial charge in [-0.3, -0.25) is 9.78 Å². The van der Waals surface area contributed by atoms with Crippen molar-refractivity contribution < 1.29 is 9.53 Å². The van der Waals surface area contributed by atoms with Crippen LogP contribution in [0.5, 0.6) is 0 Å². The molecule has 1 aliphatic heterocycles. The smallest absolute Gasteiger partial charge is 0.226 e. The number of pyridine rings is 1. The molecular weight excluding hydrogens is 310 g/mol. The number of rotatable bonds is 2. The number of amides is 1. The Morgan fingerprint density at radius 1 is 1.35 bits per heavy atom. The molecule has 0 radical (unpaired) electrons. The molecule has 1 fully saturated rings. The first-order valence-electron chi connectivity index (χ1n) is 8.07. The highest BCUT2D eigenvalue weighted by atomic mass is 32.1. The number of thiazole rings is 1. The van der Waals surface area contributed by atoms with E-state index in [4.69, 9.17) is 9.72 Å². The van der Waals surface area contributed by atoms with Crippen molar-refractivity contribution in [2.75, 3.05) is 26.3 Å². The van der Waals surface area contributed by atoms with Crippen molar-refractivity contribution in [2.45, 2.75) is 19.3 Å². The molecule has 120 valence electrons. The Labute approximate surface area is 139 Å². The van der Waals surface area contributed by atoms with Gasteiger partial charge in [0.15, 0.2) is 0 Å². The van der Waals surface area contributed by atoms with Crippen LogP contribution >= 0.6 is 11.3 Å². The number of aryl methyl sites for hydroxylation is 1. The maximum Gasteiger partial charge on any atom is 0.226 e. The Morgan fingerprint density at radius 2 is 2.22 bits per heavy atom. The van der Waals surface area contributed by atoms with Gasteiger partial charge in [0.2, 0.25) is 5.91 Å². The average molecular weight is 329 g/mol. The number of aromatic nitrogens is 2. The summed E-state index contributed by atoms with van der Waals surface area (Å²) < 4.78 is 5.34. The van der Waals surface area contributed by atoms with E-state index < -0.39 is 0 Å². The summed E-state index contributed by atoms with van der Waals surface area (Å²) in [5, 5.41) is 1.02. The van der Waals surface area contributed by atoms with Gasteiger partial charge in [0.1, 0.15) is 5.01 Å². The van der Waals surface area contributed by atoms with Crippen LogP contribution in [0.3, 0.4) is 0 Å². The summed E-state index contributed by atoms with van der Waals surface area (Å²) in [5.74, 6) is 0.387. The van der Waals surface area contributed by atoms with Gasteiger partial charge in [-0.05, 0) is 31.4 Å². The normalized spacial score (nSPS) is 21.0. The number of hydrogen-bond acceptors (Lipinski definition) is 5. The summed E-state index contributed by atoms with van der Waals surface area (Å²) in [4.78, 5) is 24.8. The summed E-state index contributed by atoms with van der Waals surface area (Å²) in [6.45, 7) is 2.78. The number of carbonyl (C=O) groups excluding carboxylic acids is 1. The number of fused-ring (bicyclic) bond motifs is 1. The zero-order chi connectivity index (χ0) is 15.6. The molecule has 1 amide bonds. The van der Waals surface area contributed by atoms with E-state index in [-0.39, 0.29) is 11.8 Å². The van der Waals surface area contributed by atoms with Crippen LogP contribution < -0.4 is 0 Å². The highest BCUT2D eigenvalue weighted by Crippen LogP contribution is 2.35. The second-order valence-electron chi connectivity index (χ2n) is 6.01. The van der Waals surface area contributed by atoms with Crippen LogP contribution in [0.25, 0.3) is 10.6 Å². The third kappa shape index (κ3) is 3.01. The van der Waals surface area contributed by atoms with Crippen molar-refractivity contribution in [3.05, 3.63) is 35.1 Å². The fraction of sp³-hybridized carbons (Fsp3) is 0.471. The predicted octanol–water partition coefficient (Wildman–Crippen LogP) is 2.17. The zero-order valence-corrected chi connectivity index (χ0v) is 13.7. The second kappa shape index (κ2) is 6.37. The average Bonchev–Trinajstić information content (AvgIpc) is 3.06. The van der Waals surface area contributed by atoms with Crippen LogP contribution in [-0.2, 0) is 22.4 Å². The van der Waals surface area contributed by atoms with E-state index in [2.05, 4.69) is 4.98 Å². The van der Waals surface area contributed by atoms with Gasteiger partial charge in [-0.2, -0.15) is 0 Å². The summed E-state index contributed by atoms with van der Waals surface area (Å²) >= 11 is 1.71. The molecule has 0 bridgehead atoms. The molecule has 6 heteroatoms. The summed E-state index contributed by atoms with van der Waals surface area (Å²) in [5.41, 5.74) is 2.22. The number of nitrogens with zero attached hydrogens (tertiary/aromatic N) is 3. The van der Waals surface area contributed by atoms with Gasteiger partial charge in [0.25, 0.3) is 0 Å². The van der Waals surface area contributed by atoms with Crippen LogP contribution in [0.1, 0.15) is 17.0 Å². The monoisotopic (exact) mass is 329 g/mol. The minimum Gasteiger partial charge on any atom is -0.378 e. The lowest BCUT2D eigenvalue weighted by molar-refractivity contribution is -0.140. The Hall–Kier alpha value is -1.79. The van der Waals surface area contributed by atoms with Crippen LogP contribution in [0, 0.1) is 5.92 Å². The van der Waals surface area contributed by atoms with Gasteiger partial charge < -0.3 is 9.64 Å². The van der Waals surface area contributed by atoms with Crippen LogP contribution in [-0.4, -0.2) is 47.1 Å². The summed E-state index contributed by atoms with van der Waals surface area (Å²) in [6.07, 6.45) is 6.24. The number of hydrogen-bond donors (Lipinski definition) is 0. The van der Waals surface area contributed by atoms with Gasteiger partial charge in [0.05, 0.1) is 18.9 Å². The van der Waals surface area contributed by atoms with Crippen molar-refractivity contribution in [3.63, 3.8) is 0 Å². The topological polar surface area (TPSA) is 55.3 Å². The number of morpholine rings is 1. The Bertz CT molecular complexity index is 695. The first-order chi connectivity index (χ1) is 11.3. The maximum atomic E-state index is 12.7. The number of ether oxygens (including phenoxy) is 1. The van der Waals surface area contributed by atoms with E-state index in [0.29, 0.717) is 13.2 Å². The van der Waals surface area contributed by atoms with Gasteiger partial charge in [-0.1, -0.05) is 0 Å². The molecule has 0 aromatic carbocycles. The summed E-state index contributed by atoms with van der Waals surface area (Å²) in [7, 11) is 0. The lowest BCUT2D eigenvalue weighted by Crippen LogP contribution is -2.44. The van der Waals surface area contributed by atoms with Crippen molar-refractivity contribution in [1.82, 2.24) is 14.9 Å². The van der Waals surface area contributed by atoms with Crippen LogP contribution in [0.15, 0.2) is 24.5 Å². The highest BCUT2D eigenvalue weighted by molar-refractivity contribution is 7.15. The van der Waals surface area contributed by atoms with Crippen LogP contribution in [0.4, 0.5) is 0 Å². The first-order valence-corrected chi connectivity index (χ1v) is 8.88. The molecule has 4 rings (SSSR count). The quantitative estimate of drug-likeness (QED) is 0.847. The predicted molar refractivity (Wildman–Crippen MR) is 88.3 cm³/mol. The van der Waals surface area contributed by atoms with Gasteiger partial charge in [-0.25, -0.2) is 4.98 Å². The van der Waals surface area contributed by atoms with Gasteiger partial charge >= 0.3 is 0 Å². The maximum absolute atomic E-state index is 12.7. The molecule has 1 saturated heterocycles. The van der Waals surface area contributed by atoms with E-state index in [1.807, 2.05) is 23.2 Å². The fourth-order valence-electron chi connectivity index (χ4n) is 3.24. The van der Waals surface area contributed by atoms with E-state index in [1.54, 1.807) is 17.5 Å². The molecular formula is C17H19N3O2S. The highest BCUT2D eigenvalue weighted by Gasteiger charge is 2.31. The lowest BCUT2D eigenvalue weighted by atomic mass is 9.90. The minimum atomic E-state index is 0.0998. The van der Waals surface area contributed by atoms with Gasteiger partial charge in [0, 0.05) is 41.8 Å². The minimum absolute atomic E-state index is 0.0998. The lowest BCUT2D eigenvalue weighted by Gasteiger charge is -2.31. The molecule has 0 spiro atoms. The largest absolute Gasteiger partial charge is 0.378 e. The zero-order valence-electron chi connectivity index (χ0n) is 12.9. The fourth-order valence-corrected chi connectivity index (χ4v) is 4.42. The molecule has 1 unspecified atom stereocenters. The molecule has 1 atom stereocenters. The molecule has 2 aromatic rings. The molecule has 0 N–H and O–H groups in total.